The number of carbonyl (C=O) groups excluding carboxylic acids is 1. The van der Waals surface area contributed by atoms with Gasteiger partial charge in [-0.25, -0.2) is 0 Å². The van der Waals surface area contributed by atoms with Crippen LogP contribution in [0.15, 0.2) is 15.9 Å². The van der Waals surface area contributed by atoms with Gasteiger partial charge < -0.3 is 5.32 Å². The molecule has 0 aromatic carbocycles. The van der Waals surface area contributed by atoms with Gasteiger partial charge in [-0.3, -0.25) is 9.00 Å². The molecule has 1 heterocycles. The maximum Gasteiger partial charge on any atom is 0.262 e. The van der Waals surface area contributed by atoms with E-state index in [1.165, 1.54) is 11.3 Å². The smallest absolute Gasteiger partial charge is 0.262 e. The lowest BCUT2D eigenvalue weighted by molar-refractivity contribution is 0.0957. The fraction of sp³-hybridized carbons (Fsp3) is 0.444. The minimum absolute atomic E-state index is 0.0207. The van der Waals surface area contributed by atoms with Crippen LogP contribution in [-0.2, 0) is 10.8 Å². The molecule has 0 fully saturated rings. The second-order valence-corrected chi connectivity index (χ2v) is 6.69. The molecule has 0 saturated carbocycles. The lowest BCUT2D eigenvalue weighted by atomic mass is 10.4. The summed E-state index contributed by atoms with van der Waals surface area (Å²) < 4.78 is 11.9. The number of thiophene rings is 1. The SMILES string of the molecule is CC(CNC(=O)c1sccc1Br)S(C)=O. The quantitative estimate of drug-likeness (QED) is 0.925. The van der Waals surface area contributed by atoms with E-state index in [4.69, 9.17) is 0 Å². The van der Waals surface area contributed by atoms with Gasteiger partial charge in [0.1, 0.15) is 4.88 Å². The van der Waals surface area contributed by atoms with Crippen LogP contribution < -0.4 is 5.32 Å². The molecule has 6 heteroatoms. The Kier molecular flexibility index (Phi) is 4.95. The van der Waals surface area contributed by atoms with E-state index in [0.29, 0.717) is 11.4 Å². The van der Waals surface area contributed by atoms with Gasteiger partial charge in [0.2, 0.25) is 0 Å². The van der Waals surface area contributed by atoms with Crippen molar-refractivity contribution in [2.45, 2.75) is 12.2 Å². The fourth-order valence-corrected chi connectivity index (χ4v) is 2.68. The first-order valence-corrected chi connectivity index (χ1v) is 7.65. The molecule has 3 nitrogen and oxygen atoms in total. The molecule has 0 bridgehead atoms. The Labute approximate surface area is 104 Å². The van der Waals surface area contributed by atoms with Crippen LogP contribution in [0.1, 0.15) is 16.6 Å². The summed E-state index contributed by atoms with van der Waals surface area (Å²) in [4.78, 5) is 12.3. The van der Waals surface area contributed by atoms with E-state index in [9.17, 15) is 9.00 Å². The summed E-state index contributed by atoms with van der Waals surface area (Å²) in [5, 5.41) is 4.58. The summed E-state index contributed by atoms with van der Waals surface area (Å²) in [6, 6.07) is 1.83. The number of carbonyl (C=O) groups is 1. The van der Waals surface area contributed by atoms with Crippen LogP contribution in [0, 0.1) is 0 Å². The highest BCUT2D eigenvalue weighted by atomic mass is 79.9. The summed E-state index contributed by atoms with van der Waals surface area (Å²) in [7, 11) is -0.902. The van der Waals surface area contributed by atoms with Crippen molar-refractivity contribution in [1.29, 1.82) is 0 Å². The van der Waals surface area contributed by atoms with Gasteiger partial charge in [-0.2, -0.15) is 0 Å². The molecule has 0 radical (unpaired) electrons. The number of halogens is 1. The van der Waals surface area contributed by atoms with Crippen LogP contribution in [0.4, 0.5) is 0 Å². The van der Waals surface area contributed by atoms with E-state index >= 15 is 0 Å². The average molecular weight is 310 g/mol. The Morgan fingerprint density at radius 2 is 2.40 bits per heavy atom. The Morgan fingerprint density at radius 1 is 1.73 bits per heavy atom. The zero-order chi connectivity index (χ0) is 11.4. The van der Waals surface area contributed by atoms with E-state index in [-0.39, 0.29) is 11.2 Å². The van der Waals surface area contributed by atoms with Crippen molar-refractivity contribution in [3.05, 3.63) is 20.8 Å². The second-order valence-electron chi connectivity index (χ2n) is 3.12. The Balaban J connectivity index is 2.51. The molecule has 1 rings (SSSR count). The molecule has 0 saturated heterocycles. The summed E-state index contributed by atoms with van der Waals surface area (Å²) in [5.41, 5.74) is 0. The van der Waals surface area contributed by atoms with Gasteiger partial charge in [0, 0.05) is 33.3 Å². The number of amides is 1. The first-order chi connectivity index (χ1) is 7.02. The lowest BCUT2D eigenvalue weighted by Gasteiger charge is -2.09. The van der Waals surface area contributed by atoms with Crippen molar-refractivity contribution in [3.63, 3.8) is 0 Å². The molecule has 0 aliphatic carbocycles. The van der Waals surface area contributed by atoms with Crippen molar-refractivity contribution >= 4 is 44.0 Å². The molecule has 1 aromatic heterocycles. The minimum atomic E-state index is -0.902. The van der Waals surface area contributed by atoms with Gasteiger partial charge in [0.15, 0.2) is 0 Å². The summed E-state index contributed by atoms with van der Waals surface area (Å²) >= 11 is 4.68. The zero-order valence-electron chi connectivity index (χ0n) is 8.45. The largest absolute Gasteiger partial charge is 0.350 e. The van der Waals surface area contributed by atoms with Crippen LogP contribution in [0.2, 0.25) is 0 Å². The normalized spacial score (nSPS) is 14.6. The molecule has 1 amide bonds. The molecule has 1 N–H and O–H groups in total. The van der Waals surface area contributed by atoms with Gasteiger partial charge in [0.25, 0.3) is 5.91 Å². The topological polar surface area (TPSA) is 46.2 Å². The van der Waals surface area contributed by atoms with E-state index in [2.05, 4.69) is 21.2 Å². The molecule has 1 aromatic rings. The average Bonchev–Trinajstić information content (AvgIpc) is 2.60. The molecular formula is C9H12BrNO2S2. The van der Waals surface area contributed by atoms with Crippen molar-refractivity contribution in [2.75, 3.05) is 12.8 Å². The highest BCUT2D eigenvalue weighted by molar-refractivity contribution is 9.10. The van der Waals surface area contributed by atoms with Crippen LogP contribution in [0.5, 0.6) is 0 Å². The van der Waals surface area contributed by atoms with Crippen LogP contribution in [0.3, 0.4) is 0 Å². The number of rotatable bonds is 4. The molecular weight excluding hydrogens is 298 g/mol. The van der Waals surface area contributed by atoms with Crippen molar-refractivity contribution < 1.29 is 9.00 Å². The van der Waals surface area contributed by atoms with Gasteiger partial charge in [-0.1, -0.05) is 0 Å². The molecule has 0 spiro atoms. The van der Waals surface area contributed by atoms with E-state index < -0.39 is 10.8 Å². The predicted octanol–water partition coefficient (Wildman–Crippen LogP) is 2.01. The molecule has 84 valence electrons. The maximum atomic E-state index is 11.6. The molecule has 0 aliphatic rings. The Bertz CT molecular complexity index is 378. The first kappa shape index (κ1) is 12.9. The first-order valence-electron chi connectivity index (χ1n) is 4.35. The van der Waals surface area contributed by atoms with E-state index in [1.54, 1.807) is 6.26 Å². The third kappa shape index (κ3) is 3.70. The Morgan fingerprint density at radius 3 is 2.87 bits per heavy atom. The van der Waals surface area contributed by atoms with Gasteiger partial charge in [-0.05, 0) is 34.3 Å². The molecule has 2 atom stereocenters. The van der Waals surface area contributed by atoms with E-state index in [0.717, 1.165) is 4.47 Å². The van der Waals surface area contributed by atoms with Crippen LogP contribution in [-0.4, -0.2) is 28.2 Å². The molecule has 0 aliphatic heterocycles. The van der Waals surface area contributed by atoms with E-state index in [1.807, 2.05) is 18.4 Å². The third-order valence-corrected chi connectivity index (χ3v) is 5.08. The predicted molar refractivity (Wildman–Crippen MR) is 67.9 cm³/mol. The summed E-state index contributed by atoms with van der Waals surface area (Å²) in [5.74, 6) is -0.117. The maximum absolute atomic E-state index is 11.6. The molecule has 2 unspecified atom stereocenters. The lowest BCUT2D eigenvalue weighted by Crippen LogP contribution is -2.32. The molecule has 15 heavy (non-hydrogen) atoms. The van der Waals surface area contributed by atoms with Crippen molar-refractivity contribution in [1.82, 2.24) is 5.32 Å². The van der Waals surface area contributed by atoms with Crippen molar-refractivity contribution in [3.8, 4) is 0 Å². The third-order valence-electron chi connectivity index (χ3n) is 1.94. The second kappa shape index (κ2) is 5.77. The minimum Gasteiger partial charge on any atom is -0.350 e. The summed E-state index contributed by atoms with van der Waals surface area (Å²) in [6.07, 6.45) is 1.64. The summed E-state index contributed by atoms with van der Waals surface area (Å²) in [6.45, 7) is 2.28. The zero-order valence-corrected chi connectivity index (χ0v) is 11.7. The van der Waals surface area contributed by atoms with Crippen molar-refractivity contribution in [2.24, 2.45) is 0 Å². The standard InChI is InChI=1S/C9H12BrNO2S2/c1-6(15(2)13)5-11-9(12)8-7(10)3-4-14-8/h3-4,6H,5H2,1-2H3,(H,11,12). The number of nitrogens with one attached hydrogen (secondary N) is 1. The Hall–Kier alpha value is -0.200. The van der Waals surface area contributed by atoms with Gasteiger partial charge in [-0.15, -0.1) is 11.3 Å². The van der Waals surface area contributed by atoms with Crippen LogP contribution in [0.25, 0.3) is 0 Å². The monoisotopic (exact) mass is 309 g/mol. The fourth-order valence-electron chi connectivity index (χ4n) is 0.890. The number of hydrogen-bond donors (Lipinski definition) is 1. The highest BCUT2D eigenvalue weighted by Gasteiger charge is 2.13. The van der Waals surface area contributed by atoms with Gasteiger partial charge >= 0.3 is 0 Å². The van der Waals surface area contributed by atoms with Gasteiger partial charge in [0.05, 0.1) is 0 Å². The number of hydrogen-bond acceptors (Lipinski definition) is 3. The highest BCUT2D eigenvalue weighted by Crippen LogP contribution is 2.22. The van der Waals surface area contributed by atoms with Crippen LogP contribution >= 0.6 is 27.3 Å².